The molecule has 0 aliphatic carbocycles. The quantitative estimate of drug-likeness (QED) is 0.566. The first-order valence-corrected chi connectivity index (χ1v) is 5.09. The molecule has 1 heterocycles. The van der Waals surface area contributed by atoms with Gasteiger partial charge in [-0.1, -0.05) is 0 Å². The molecule has 1 rings (SSSR count). The molecule has 0 spiro atoms. The Kier molecular flexibility index (Phi) is 4.29. The lowest BCUT2D eigenvalue weighted by Crippen LogP contribution is -2.16. The molecule has 1 aromatic heterocycles. The first-order chi connectivity index (χ1) is 8.08. The van der Waals surface area contributed by atoms with Gasteiger partial charge in [0.05, 0.1) is 18.4 Å². The van der Waals surface area contributed by atoms with Crippen LogP contribution < -0.4 is 0 Å². The Balaban J connectivity index is 3.07. The lowest BCUT2D eigenvalue weighted by atomic mass is 10.4. The summed E-state index contributed by atoms with van der Waals surface area (Å²) < 4.78 is 6.25. The van der Waals surface area contributed by atoms with E-state index in [1.165, 1.54) is 17.1 Å². The normalized spacial score (nSPS) is 10.8. The van der Waals surface area contributed by atoms with E-state index in [1.54, 1.807) is 32.1 Å². The molecule has 0 aliphatic rings. The van der Waals surface area contributed by atoms with Crippen molar-refractivity contribution in [1.29, 1.82) is 5.26 Å². The molecular formula is C11H14N4O2. The number of hydrogen-bond donors (Lipinski definition) is 0. The standard InChI is InChI=1S/C11H14N4O2/c1-4-17-11(16)10(8-14(2)3)15-7-9(5-12)6-13-15/h6-8H,4H2,1-3H3. The van der Waals surface area contributed by atoms with Gasteiger partial charge in [-0.25, -0.2) is 9.48 Å². The molecule has 6 nitrogen and oxygen atoms in total. The van der Waals surface area contributed by atoms with Crippen LogP contribution >= 0.6 is 0 Å². The first kappa shape index (κ1) is 12.8. The van der Waals surface area contributed by atoms with Crippen molar-refractivity contribution in [2.24, 2.45) is 0 Å². The topological polar surface area (TPSA) is 71.2 Å². The average molecular weight is 234 g/mol. The van der Waals surface area contributed by atoms with Crippen LogP contribution in [0.4, 0.5) is 0 Å². The molecule has 0 bridgehead atoms. The molecule has 17 heavy (non-hydrogen) atoms. The van der Waals surface area contributed by atoms with Crippen molar-refractivity contribution in [1.82, 2.24) is 14.7 Å². The van der Waals surface area contributed by atoms with E-state index in [1.807, 2.05) is 6.07 Å². The molecule has 0 amide bonds. The molecule has 0 fully saturated rings. The van der Waals surface area contributed by atoms with Crippen LogP contribution in [0.5, 0.6) is 0 Å². The number of aromatic nitrogens is 2. The van der Waals surface area contributed by atoms with E-state index in [9.17, 15) is 4.79 Å². The van der Waals surface area contributed by atoms with Crippen molar-refractivity contribution in [2.45, 2.75) is 6.92 Å². The number of nitriles is 1. The molecule has 0 radical (unpaired) electrons. The number of carbonyl (C=O) groups is 1. The highest BCUT2D eigenvalue weighted by atomic mass is 16.5. The summed E-state index contributed by atoms with van der Waals surface area (Å²) in [7, 11) is 3.57. The van der Waals surface area contributed by atoms with Crippen LogP contribution in [0.15, 0.2) is 18.6 Å². The third-order valence-electron chi connectivity index (χ3n) is 1.82. The second kappa shape index (κ2) is 5.70. The van der Waals surface area contributed by atoms with E-state index >= 15 is 0 Å². The molecule has 0 N–H and O–H groups in total. The molecule has 0 unspecified atom stereocenters. The maximum Gasteiger partial charge on any atom is 0.358 e. The number of hydrogen-bond acceptors (Lipinski definition) is 5. The van der Waals surface area contributed by atoms with Gasteiger partial charge in [-0.2, -0.15) is 10.4 Å². The molecule has 90 valence electrons. The minimum atomic E-state index is -0.478. The molecule has 0 saturated heterocycles. The van der Waals surface area contributed by atoms with E-state index in [0.717, 1.165) is 0 Å². The zero-order valence-corrected chi connectivity index (χ0v) is 10.0. The smallest absolute Gasteiger partial charge is 0.358 e. The summed E-state index contributed by atoms with van der Waals surface area (Å²) in [4.78, 5) is 13.4. The van der Waals surface area contributed by atoms with E-state index in [2.05, 4.69) is 5.10 Å². The zero-order valence-electron chi connectivity index (χ0n) is 10.0. The maximum atomic E-state index is 11.7. The van der Waals surface area contributed by atoms with Gasteiger partial charge >= 0.3 is 5.97 Å². The Labute approximate surface area is 99.7 Å². The number of carbonyl (C=O) groups excluding carboxylic acids is 1. The molecular weight excluding hydrogens is 220 g/mol. The highest BCUT2D eigenvalue weighted by molar-refractivity contribution is 6.09. The molecule has 0 atom stereocenters. The second-order valence-electron chi connectivity index (χ2n) is 3.48. The summed E-state index contributed by atoms with van der Waals surface area (Å²) in [6, 6.07) is 1.95. The summed E-state index contributed by atoms with van der Waals surface area (Å²) in [5.74, 6) is -0.478. The summed E-state index contributed by atoms with van der Waals surface area (Å²) in [6.45, 7) is 2.02. The first-order valence-electron chi connectivity index (χ1n) is 5.09. The minimum absolute atomic E-state index is 0.262. The lowest BCUT2D eigenvalue weighted by molar-refractivity contribution is -0.136. The van der Waals surface area contributed by atoms with Gasteiger partial charge in [0.2, 0.25) is 0 Å². The van der Waals surface area contributed by atoms with Crippen molar-refractivity contribution < 1.29 is 9.53 Å². The van der Waals surface area contributed by atoms with Crippen molar-refractivity contribution in [3.8, 4) is 6.07 Å². The summed E-state index contributed by atoms with van der Waals surface area (Å²) >= 11 is 0. The summed E-state index contributed by atoms with van der Waals surface area (Å²) in [5.41, 5.74) is 0.650. The van der Waals surface area contributed by atoms with Gasteiger partial charge in [0, 0.05) is 26.5 Å². The fraction of sp³-hybridized carbons (Fsp3) is 0.364. The fourth-order valence-corrected chi connectivity index (χ4v) is 1.17. The predicted octanol–water partition coefficient (Wildman–Crippen LogP) is 0.678. The highest BCUT2D eigenvalue weighted by Crippen LogP contribution is 2.08. The van der Waals surface area contributed by atoms with Crippen molar-refractivity contribution in [3.05, 3.63) is 24.2 Å². The Morgan fingerprint density at radius 3 is 2.88 bits per heavy atom. The van der Waals surface area contributed by atoms with Crippen LogP contribution in [0.2, 0.25) is 0 Å². The van der Waals surface area contributed by atoms with Gasteiger partial charge in [-0.15, -0.1) is 0 Å². The van der Waals surface area contributed by atoms with Gasteiger partial charge in [-0.05, 0) is 6.92 Å². The van der Waals surface area contributed by atoms with Crippen LogP contribution in [0.3, 0.4) is 0 Å². The lowest BCUT2D eigenvalue weighted by Gasteiger charge is -2.10. The van der Waals surface area contributed by atoms with Crippen LogP contribution in [0.25, 0.3) is 5.70 Å². The van der Waals surface area contributed by atoms with E-state index in [0.29, 0.717) is 5.56 Å². The average Bonchev–Trinajstić information content (AvgIpc) is 2.74. The molecule has 0 saturated carbocycles. The number of ether oxygens (including phenoxy) is 1. The third-order valence-corrected chi connectivity index (χ3v) is 1.82. The predicted molar refractivity (Wildman–Crippen MR) is 61.5 cm³/mol. The van der Waals surface area contributed by atoms with Crippen LogP contribution in [0.1, 0.15) is 12.5 Å². The van der Waals surface area contributed by atoms with Crippen LogP contribution in [-0.2, 0) is 9.53 Å². The zero-order chi connectivity index (χ0) is 12.8. The fourth-order valence-electron chi connectivity index (χ4n) is 1.17. The molecule has 0 aliphatic heterocycles. The Bertz CT molecular complexity index is 468. The van der Waals surface area contributed by atoms with E-state index in [-0.39, 0.29) is 12.3 Å². The maximum absolute atomic E-state index is 11.7. The van der Waals surface area contributed by atoms with Crippen molar-refractivity contribution in [2.75, 3.05) is 20.7 Å². The Morgan fingerprint density at radius 2 is 2.41 bits per heavy atom. The SMILES string of the molecule is CCOC(=O)C(=CN(C)C)n1cc(C#N)cn1. The van der Waals surface area contributed by atoms with Crippen molar-refractivity contribution in [3.63, 3.8) is 0 Å². The number of nitrogens with zero attached hydrogens (tertiary/aromatic N) is 4. The van der Waals surface area contributed by atoms with Crippen LogP contribution in [0, 0.1) is 11.3 Å². The molecule has 0 aromatic carbocycles. The largest absolute Gasteiger partial charge is 0.461 e. The van der Waals surface area contributed by atoms with Gasteiger partial charge in [0.1, 0.15) is 6.07 Å². The number of esters is 1. The van der Waals surface area contributed by atoms with E-state index in [4.69, 9.17) is 10.00 Å². The molecule has 1 aromatic rings. The summed E-state index contributed by atoms with van der Waals surface area (Å²) in [6.07, 6.45) is 4.46. The monoisotopic (exact) mass is 234 g/mol. The van der Waals surface area contributed by atoms with Gasteiger partial charge in [-0.3, -0.25) is 0 Å². The summed E-state index contributed by atoms with van der Waals surface area (Å²) in [5, 5.41) is 12.6. The molecule has 6 heteroatoms. The van der Waals surface area contributed by atoms with Crippen molar-refractivity contribution >= 4 is 11.7 Å². The second-order valence-corrected chi connectivity index (χ2v) is 3.48. The minimum Gasteiger partial charge on any atom is -0.461 e. The van der Waals surface area contributed by atoms with E-state index < -0.39 is 5.97 Å². The van der Waals surface area contributed by atoms with Gasteiger partial charge < -0.3 is 9.64 Å². The third kappa shape index (κ3) is 3.34. The van der Waals surface area contributed by atoms with Gasteiger partial charge in [0.15, 0.2) is 5.70 Å². The van der Waals surface area contributed by atoms with Crippen LogP contribution in [-0.4, -0.2) is 41.4 Å². The van der Waals surface area contributed by atoms with Gasteiger partial charge in [0.25, 0.3) is 0 Å². The Hall–Kier alpha value is -2.29. The highest BCUT2D eigenvalue weighted by Gasteiger charge is 2.14. The Morgan fingerprint density at radius 1 is 1.71 bits per heavy atom. The number of rotatable bonds is 4.